The third-order valence-electron chi connectivity index (χ3n) is 4.87. The fourth-order valence-electron chi connectivity index (χ4n) is 3.41. The molecule has 2 aliphatic rings. The van der Waals surface area contributed by atoms with Crippen molar-refractivity contribution in [1.29, 1.82) is 0 Å². The van der Waals surface area contributed by atoms with Gasteiger partial charge in [0.2, 0.25) is 0 Å². The van der Waals surface area contributed by atoms with Crippen LogP contribution in [0, 0.1) is 0 Å². The van der Waals surface area contributed by atoms with Crippen molar-refractivity contribution in [3.8, 4) is 0 Å². The van der Waals surface area contributed by atoms with Crippen LogP contribution in [0.1, 0.15) is 37.5 Å². The normalized spacial score (nSPS) is 34.3. The minimum absolute atomic E-state index is 0.375. The van der Waals surface area contributed by atoms with E-state index in [1.165, 1.54) is 13.3 Å². The zero-order valence-corrected chi connectivity index (χ0v) is 12.8. The lowest BCUT2D eigenvalue weighted by atomic mass is 9.96. The molecule has 124 valence electrons. The number of aliphatic hydroxyl groups is 3. The Morgan fingerprint density at radius 1 is 1.43 bits per heavy atom. The Morgan fingerprint density at radius 2 is 2.17 bits per heavy atom. The van der Waals surface area contributed by atoms with Crippen LogP contribution in [0.4, 0.5) is 5.82 Å². The van der Waals surface area contributed by atoms with E-state index in [2.05, 4.69) is 9.97 Å². The number of anilines is 1. The fourth-order valence-corrected chi connectivity index (χ4v) is 3.41. The van der Waals surface area contributed by atoms with Crippen LogP contribution < -0.4 is 5.73 Å². The Labute approximate surface area is 132 Å². The molecule has 1 saturated carbocycles. The largest absolute Gasteiger partial charge is 0.394 e. The highest BCUT2D eigenvalue weighted by Crippen LogP contribution is 2.47. The van der Waals surface area contributed by atoms with Crippen molar-refractivity contribution in [2.24, 2.45) is 0 Å². The number of rotatable bonds is 3. The van der Waals surface area contributed by atoms with Crippen molar-refractivity contribution in [3.05, 3.63) is 18.1 Å². The van der Waals surface area contributed by atoms with Crippen LogP contribution in [0.15, 0.2) is 12.5 Å². The average Bonchev–Trinajstić information content (AvgIpc) is 3.25. The van der Waals surface area contributed by atoms with E-state index in [-0.39, 0.29) is 6.61 Å². The predicted octanol–water partition coefficient (Wildman–Crippen LogP) is -0.108. The van der Waals surface area contributed by atoms with Gasteiger partial charge < -0.3 is 30.4 Å². The molecule has 0 spiro atoms. The van der Waals surface area contributed by atoms with Crippen molar-refractivity contribution in [1.82, 2.24) is 14.5 Å². The van der Waals surface area contributed by atoms with Crippen LogP contribution in [0.25, 0.3) is 11.0 Å². The van der Waals surface area contributed by atoms with E-state index in [4.69, 9.17) is 10.5 Å². The molecule has 0 bridgehead atoms. The number of nitrogens with zero attached hydrogens (tertiary/aromatic N) is 3. The number of hydrogen-bond donors (Lipinski definition) is 4. The molecule has 0 radical (unpaired) electrons. The van der Waals surface area contributed by atoms with Gasteiger partial charge in [-0.05, 0) is 31.2 Å². The second-order valence-electron chi connectivity index (χ2n) is 6.60. The molecule has 2 aromatic heterocycles. The highest BCUT2D eigenvalue weighted by atomic mass is 16.6. The van der Waals surface area contributed by atoms with Crippen molar-refractivity contribution in [2.45, 2.75) is 49.7 Å². The summed E-state index contributed by atoms with van der Waals surface area (Å²) in [7, 11) is 0. The average molecular weight is 320 g/mol. The summed E-state index contributed by atoms with van der Waals surface area (Å²) in [4.78, 5) is 8.36. The second kappa shape index (κ2) is 4.88. The molecule has 0 amide bonds. The van der Waals surface area contributed by atoms with Gasteiger partial charge in [0.25, 0.3) is 0 Å². The summed E-state index contributed by atoms with van der Waals surface area (Å²) in [6.45, 7) is 1.12. The molecule has 8 heteroatoms. The van der Waals surface area contributed by atoms with E-state index in [1.807, 2.05) is 6.20 Å². The van der Waals surface area contributed by atoms with Crippen LogP contribution >= 0.6 is 0 Å². The van der Waals surface area contributed by atoms with Crippen molar-refractivity contribution in [3.63, 3.8) is 0 Å². The van der Waals surface area contributed by atoms with Crippen LogP contribution in [-0.4, -0.2) is 54.3 Å². The number of fused-ring (bicyclic) bond motifs is 1. The molecule has 1 aliphatic carbocycles. The van der Waals surface area contributed by atoms with Gasteiger partial charge in [0.05, 0.1) is 12.0 Å². The van der Waals surface area contributed by atoms with Gasteiger partial charge in [-0.1, -0.05) is 0 Å². The molecule has 0 unspecified atom stereocenters. The van der Waals surface area contributed by atoms with Gasteiger partial charge >= 0.3 is 0 Å². The second-order valence-corrected chi connectivity index (χ2v) is 6.60. The third-order valence-corrected chi connectivity index (χ3v) is 4.87. The summed E-state index contributed by atoms with van der Waals surface area (Å²) in [5.74, 6) is 0.810. The molecule has 2 aromatic rings. The van der Waals surface area contributed by atoms with Gasteiger partial charge in [0, 0.05) is 6.20 Å². The zero-order chi connectivity index (χ0) is 16.4. The Kier molecular flexibility index (Phi) is 3.14. The van der Waals surface area contributed by atoms with E-state index < -0.39 is 24.0 Å². The lowest BCUT2D eigenvalue weighted by Gasteiger charge is -2.27. The van der Waals surface area contributed by atoms with Crippen LogP contribution in [0.2, 0.25) is 0 Å². The monoisotopic (exact) mass is 320 g/mol. The summed E-state index contributed by atoms with van der Waals surface area (Å²) in [5.41, 5.74) is 6.08. The molecular formula is C15H20N4O4. The summed E-state index contributed by atoms with van der Waals surface area (Å²) >= 11 is 0. The number of hydrogen-bond acceptors (Lipinski definition) is 7. The minimum Gasteiger partial charge on any atom is -0.394 e. The van der Waals surface area contributed by atoms with E-state index in [1.54, 1.807) is 4.57 Å². The Hall–Kier alpha value is -1.74. The van der Waals surface area contributed by atoms with E-state index in [9.17, 15) is 15.3 Å². The van der Waals surface area contributed by atoms with Crippen LogP contribution in [0.5, 0.6) is 0 Å². The zero-order valence-electron chi connectivity index (χ0n) is 12.8. The molecular weight excluding hydrogens is 300 g/mol. The lowest BCUT2D eigenvalue weighted by molar-refractivity contribution is -0.0948. The molecule has 1 saturated heterocycles. The van der Waals surface area contributed by atoms with E-state index in [0.29, 0.717) is 17.4 Å². The van der Waals surface area contributed by atoms with E-state index >= 15 is 0 Å². The number of ether oxygens (including phenoxy) is 1. The van der Waals surface area contributed by atoms with Gasteiger partial charge in [-0.2, -0.15) is 0 Å². The molecule has 8 nitrogen and oxygen atoms in total. The summed E-state index contributed by atoms with van der Waals surface area (Å²) < 4.78 is 7.39. The van der Waals surface area contributed by atoms with Gasteiger partial charge in [0.1, 0.15) is 35.6 Å². The summed E-state index contributed by atoms with van der Waals surface area (Å²) in [6.07, 6.45) is 2.50. The molecule has 1 aliphatic heterocycles. The molecule has 3 heterocycles. The standard InChI is InChI=1S/C15H20N4O4/c1-15(22)11(21)9(5-20)23-14(15)19-4-8(7-2-3-7)10-12(16)17-6-18-13(10)19/h4,6-7,9,11,14,20-22H,2-3,5H2,1H3,(H2,16,17,18)/t9-,11-,14-,15-/m1/s1. The third kappa shape index (κ3) is 2.06. The summed E-state index contributed by atoms with van der Waals surface area (Å²) in [5, 5.41) is 31.0. The SMILES string of the molecule is C[C@@]1(O)[C@H](O)[C@@H](CO)O[C@H]1n1cc(C2CC2)c2c(N)ncnc21. The topological polar surface area (TPSA) is 127 Å². The summed E-state index contributed by atoms with van der Waals surface area (Å²) in [6, 6.07) is 0. The predicted molar refractivity (Wildman–Crippen MR) is 81.5 cm³/mol. The van der Waals surface area contributed by atoms with E-state index in [0.717, 1.165) is 23.8 Å². The maximum atomic E-state index is 10.7. The Balaban J connectivity index is 1.88. The van der Waals surface area contributed by atoms with Gasteiger partial charge in [0.15, 0.2) is 6.23 Å². The Morgan fingerprint density at radius 3 is 2.78 bits per heavy atom. The maximum Gasteiger partial charge on any atom is 0.167 e. The van der Waals surface area contributed by atoms with Crippen LogP contribution in [-0.2, 0) is 4.74 Å². The highest BCUT2D eigenvalue weighted by Gasteiger charge is 2.53. The van der Waals surface area contributed by atoms with Gasteiger partial charge in [-0.15, -0.1) is 0 Å². The first kappa shape index (κ1) is 14.8. The van der Waals surface area contributed by atoms with Crippen LogP contribution in [0.3, 0.4) is 0 Å². The molecule has 23 heavy (non-hydrogen) atoms. The first-order valence-corrected chi connectivity index (χ1v) is 7.72. The van der Waals surface area contributed by atoms with Gasteiger partial charge in [-0.3, -0.25) is 0 Å². The molecule has 5 N–H and O–H groups in total. The smallest absolute Gasteiger partial charge is 0.167 e. The molecule has 2 fully saturated rings. The first-order chi connectivity index (χ1) is 10.9. The molecule has 4 rings (SSSR count). The quantitative estimate of drug-likeness (QED) is 0.621. The Bertz CT molecular complexity index is 755. The number of aromatic nitrogens is 3. The molecule has 4 atom stereocenters. The highest BCUT2D eigenvalue weighted by molar-refractivity contribution is 5.90. The first-order valence-electron chi connectivity index (χ1n) is 7.72. The maximum absolute atomic E-state index is 10.7. The number of aliphatic hydroxyl groups excluding tert-OH is 2. The number of nitrogen functional groups attached to an aromatic ring is 1. The van der Waals surface area contributed by atoms with Crippen molar-refractivity contribution in [2.75, 3.05) is 12.3 Å². The van der Waals surface area contributed by atoms with Gasteiger partial charge in [-0.25, -0.2) is 9.97 Å². The van der Waals surface area contributed by atoms with Crippen molar-refractivity contribution < 1.29 is 20.1 Å². The van der Waals surface area contributed by atoms with Crippen molar-refractivity contribution >= 4 is 16.9 Å². The lowest BCUT2D eigenvalue weighted by Crippen LogP contribution is -2.44. The number of nitrogens with two attached hydrogens (primary N) is 1. The fraction of sp³-hybridized carbons (Fsp3) is 0.600. The molecule has 0 aromatic carbocycles. The minimum atomic E-state index is -1.56.